The molecule has 0 N–H and O–H groups in total. The second kappa shape index (κ2) is 9.16. The summed E-state index contributed by atoms with van der Waals surface area (Å²) in [6, 6.07) is 5.35. The van der Waals surface area contributed by atoms with E-state index in [0.717, 1.165) is 18.0 Å². The Hall–Kier alpha value is -3.16. The Labute approximate surface area is 161 Å². The van der Waals surface area contributed by atoms with Crippen LogP contribution in [0.15, 0.2) is 59.2 Å². The standard InChI is InChI=1S/C20H20F3N3O2/c1-5-24-17(20(21,22)23)14(3)8-10-28-19-15(7-6-9-25-19)16-11-13(2)12-26-18(16)27-4/h5-12H,1-4H3/b10-8+,17-14-,24-5-. The molecule has 0 spiro atoms. The summed E-state index contributed by atoms with van der Waals surface area (Å²) in [5.41, 5.74) is 1.10. The smallest absolute Gasteiger partial charge is 0.433 e. The first-order chi connectivity index (χ1) is 13.3. The van der Waals surface area contributed by atoms with Crippen LogP contribution < -0.4 is 9.47 Å². The predicted molar refractivity (Wildman–Crippen MR) is 101 cm³/mol. The molecule has 0 aliphatic rings. The molecule has 0 radical (unpaired) electrons. The Morgan fingerprint density at radius 1 is 1.18 bits per heavy atom. The van der Waals surface area contributed by atoms with Gasteiger partial charge in [0.25, 0.3) is 0 Å². The largest absolute Gasteiger partial charge is 0.481 e. The third-order valence-corrected chi connectivity index (χ3v) is 3.64. The van der Waals surface area contributed by atoms with Crippen molar-refractivity contribution in [2.45, 2.75) is 26.9 Å². The number of aryl methyl sites for hydroxylation is 1. The lowest BCUT2D eigenvalue weighted by atomic mass is 10.1. The van der Waals surface area contributed by atoms with Gasteiger partial charge in [-0.1, -0.05) is 0 Å². The first-order valence-electron chi connectivity index (χ1n) is 8.34. The summed E-state index contributed by atoms with van der Waals surface area (Å²) in [5, 5.41) is 0. The average Bonchev–Trinajstić information content (AvgIpc) is 2.65. The minimum absolute atomic E-state index is 0.0853. The zero-order chi connectivity index (χ0) is 20.7. The second-order valence-electron chi connectivity index (χ2n) is 5.76. The molecule has 0 aliphatic carbocycles. The van der Waals surface area contributed by atoms with Crippen molar-refractivity contribution in [1.82, 2.24) is 9.97 Å². The molecule has 0 saturated heterocycles. The van der Waals surface area contributed by atoms with Crippen LogP contribution in [0.1, 0.15) is 19.4 Å². The van der Waals surface area contributed by atoms with Crippen LogP contribution >= 0.6 is 0 Å². The van der Waals surface area contributed by atoms with Crippen LogP contribution in [0.25, 0.3) is 11.1 Å². The van der Waals surface area contributed by atoms with E-state index in [9.17, 15) is 13.2 Å². The molecule has 28 heavy (non-hydrogen) atoms. The van der Waals surface area contributed by atoms with Crippen LogP contribution in [0.2, 0.25) is 0 Å². The van der Waals surface area contributed by atoms with Crippen LogP contribution in [-0.4, -0.2) is 29.5 Å². The quantitative estimate of drug-likeness (QED) is 0.382. The Balaban J connectivity index is 2.37. The van der Waals surface area contributed by atoms with Gasteiger partial charge < -0.3 is 9.47 Å². The average molecular weight is 391 g/mol. The molecule has 0 fully saturated rings. The summed E-state index contributed by atoms with van der Waals surface area (Å²) >= 11 is 0. The van der Waals surface area contributed by atoms with Crippen LogP contribution in [0.3, 0.4) is 0 Å². The number of aromatic nitrogens is 2. The molecule has 0 aliphatic heterocycles. The fourth-order valence-electron chi connectivity index (χ4n) is 2.41. The molecule has 2 aromatic rings. The highest BCUT2D eigenvalue weighted by molar-refractivity contribution is 5.73. The molecule has 0 atom stereocenters. The van der Waals surface area contributed by atoms with E-state index in [-0.39, 0.29) is 11.5 Å². The SMILES string of the molecule is C\C=N/C(=C(C)\C=C\Oc1ncccc1-c1cc(C)cnc1OC)C(F)(F)F. The van der Waals surface area contributed by atoms with Crippen LogP contribution in [0.4, 0.5) is 13.2 Å². The number of halogens is 3. The summed E-state index contributed by atoms with van der Waals surface area (Å²) in [4.78, 5) is 11.8. The number of nitrogens with zero attached hydrogens (tertiary/aromatic N) is 3. The van der Waals surface area contributed by atoms with Gasteiger partial charge in [0.05, 0.1) is 13.4 Å². The summed E-state index contributed by atoms with van der Waals surface area (Å²) in [7, 11) is 1.50. The molecule has 8 heteroatoms. The number of methoxy groups -OCH3 is 1. The van der Waals surface area contributed by atoms with Crippen molar-refractivity contribution in [1.29, 1.82) is 0 Å². The molecule has 0 unspecified atom stereocenters. The number of allylic oxidation sites excluding steroid dienone is 3. The molecule has 2 rings (SSSR count). The minimum atomic E-state index is -4.56. The fourth-order valence-corrected chi connectivity index (χ4v) is 2.41. The molecule has 148 valence electrons. The lowest BCUT2D eigenvalue weighted by Crippen LogP contribution is -2.11. The summed E-state index contributed by atoms with van der Waals surface area (Å²) < 4.78 is 49.9. The maximum Gasteiger partial charge on any atom is 0.433 e. The van der Waals surface area contributed by atoms with E-state index in [4.69, 9.17) is 9.47 Å². The molecular formula is C20H20F3N3O2. The molecule has 0 saturated carbocycles. The molecule has 2 aromatic heterocycles. The van der Waals surface area contributed by atoms with Gasteiger partial charge in [-0.2, -0.15) is 13.2 Å². The summed E-state index contributed by atoms with van der Waals surface area (Å²) in [5.74, 6) is 0.602. The predicted octanol–water partition coefficient (Wildman–Crippen LogP) is 5.28. The van der Waals surface area contributed by atoms with Crippen molar-refractivity contribution in [3.8, 4) is 22.9 Å². The lowest BCUT2D eigenvalue weighted by molar-refractivity contribution is -0.0929. The van der Waals surface area contributed by atoms with Crippen LogP contribution in [0, 0.1) is 6.92 Å². The first-order valence-corrected chi connectivity index (χ1v) is 8.34. The molecular weight excluding hydrogens is 371 g/mol. The highest BCUT2D eigenvalue weighted by Crippen LogP contribution is 2.34. The second-order valence-corrected chi connectivity index (χ2v) is 5.76. The van der Waals surface area contributed by atoms with E-state index < -0.39 is 11.9 Å². The molecule has 0 bridgehead atoms. The number of rotatable bonds is 6. The molecule has 0 amide bonds. The zero-order valence-corrected chi connectivity index (χ0v) is 15.9. The van der Waals surface area contributed by atoms with Gasteiger partial charge in [0.15, 0.2) is 0 Å². The number of ether oxygens (including phenoxy) is 2. The van der Waals surface area contributed by atoms with Gasteiger partial charge in [-0.25, -0.2) is 9.97 Å². The maximum absolute atomic E-state index is 13.0. The fraction of sp³-hybridized carbons (Fsp3) is 0.250. The van der Waals surface area contributed by atoms with Crippen molar-refractivity contribution in [3.05, 3.63) is 59.8 Å². The highest BCUT2D eigenvalue weighted by atomic mass is 19.4. The summed E-state index contributed by atoms with van der Waals surface area (Å²) in [6.07, 6.45) is 2.06. The number of hydrogen-bond acceptors (Lipinski definition) is 5. The van der Waals surface area contributed by atoms with Gasteiger partial charge in [-0.05, 0) is 56.2 Å². The van der Waals surface area contributed by atoms with Gasteiger partial charge in [-0.3, -0.25) is 4.99 Å². The molecule has 2 heterocycles. The normalized spacial score (nSPS) is 13.1. The van der Waals surface area contributed by atoms with Crippen molar-refractivity contribution < 1.29 is 22.6 Å². The number of aliphatic imine (C=N–C) groups is 1. The van der Waals surface area contributed by atoms with Crippen molar-refractivity contribution in [2.75, 3.05) is 7.11 Å². The zero-order valence-electron chi connectivity index (χ0n) is 15.9. The Morgan fingerprint density at radius 2 is 1.93 bits per heavy atom. The van der Waals surface area contributed by atoms with E-state index in [1.54, 1.807) is 18.3 Å². The number of pyridine rings is 2. The molecule has 0 aromatic carbocycles. The third-order valence-electron chi connectivity index (χ3n) is 3.64. The first kappa shape index (κ1) is 21.1. The van der Waals surface area contributed by atoms with E-state index in [2.05, 4.69) is 15.0 Å². The van der Waals surface area contributed by atoms with Gasteiger partial charge >= 0.3 is 6.18 Å². The number of alkyl halides is 3. The highest BCUT2D eigenvalue weighted by Gasteiger charge is 2.34. The monoisotopic (exact) mass is 391 g/mol. The van der Waals surface area contributed by atoms with Crippen LogP contribution in [0.5, 0.6) is 11.8 Å². The van der Waals surface area contributed by atoms with E-state index in [1.165, 1.54) is 33.2 Å². The Bertz CT molecular complexity index is 919. The third kappa shape index (κ3) is 5.18. The van der Waals surface area contributed by atoms with E-state index >= 15 is 0 Å². The van der Waals surface area contributed by atoms with Gasteiger partial charge in [0.2, 0.25) is 11.8 Å². The van der Waals surface area contributed by atoms with Gasteiger partial charge in [0, 0.05) is 29.7 Å². The van der Waals surface area contributed by atoms with Crippen LogP contribution in [-0.2, 0) is 0 Å². The lowest BCUT2D eigenvalue weighted by Gasteiger charge is -2.11. The molecule has 5 nitrogen and oxygen atoms in total. The van der Waals surface area contributed by atoms with Gasteiger partial charge in [-0.15, -0.1) is 0 Å². The van der Waals surface area contributed by atoms with E-state index in [1.807, 2.05) is 13.0 Å². The topological polar surface area (TPSA) is 56.6 Å². The van der Waals surface area contributed by atoms with Gasteiger partial charge in [0.1, 0.15) is 5.70 Å². The minimum Gasteiger partial charge on any atom is -0.481 e. The summed E-state index contributed by atoms with van der Waals surface area (Å²) in [6.45, 7) is 4.61. The number of hydrogen-bond donors (Lipinski definition) is 0. The van der Waals surface area contributed by atoms with Crippen molar-refractivity contribution >= 4 is 6.21 Å². The maximum atomic E-state index is 13.0. The van der Waals surface area contributed by atoms with Crippen molar-refractivity contribution in [3.63, 3.8) is 0 Å². The Morgan fingerprint density at radius 3 is 2.57 bits per heavy atom. The van der Waals surface area contributed by atoms with E-state index in [0.29, 0.717) is 17.0 Å². The Kier molecular flexibility index (Phi) is 6.92. The van der Waals surface area contributed by atoms with Crippen molar-refractivity contribution in [2.24, 2.45) is 4.99 Å².